The largest absolute Gasteiger partial charge is 0.312 e. The van der Waals surface area contributed by atoms with E-state index in [2.05, 4.69) is 25.5 Å². The third-order valence-electron chi connectivity index (χ3n) is 4.57. The minimum atomic E-state index is -3.30. The van der Waals surface area contributed by atoms with Gasteiger partial charge in [-0.05, 0) is 42.8 Å². The molecule has 2 N–H and O–H groups in total. The van der Waals surface area contributed by atoms with E-state index in [0.29, 0.717) is 22.7 Å². The molecule has 0 saturated carbocycles. The fourth-order valence-corrected chi connectivity index (χ4v) is 3.29. The van der Waals surface area contributed by atoms with Crippen LogP contribution in [0.5, 0.6) is 0 Å². The Bertz CT molecular complexity index is 1290. The molecule has 0 radical (unpaired) electrons. The summed E-state index contributed by atoms with van der Waals surface area (Å²) in [6, 6.07) is 11.8. The summed E-state index contributed by atoms with van der Waals surface area (Å²) in [4.78, 5) is 16.7. The maximum atomic E-state index is 14.4. The maximum Gasteiger partial charge on any atom is 0.312 e. The van der Waals surface area contributed by atoms with E-state index < -0.39 is 11.6 Å². The second-order valence-electron chi connectivity index (χ2n) is 6.80. The Labute approximate surface area is 180 Å². The number of rotatable bonds is 6. The van der Waals surface area contributed by atoms with Crippen LogP contribution >= 0.6 is 11.6 Å². The van der Waals surface area contributed by atoms with Gasteiger partial charge in [-0.15, -0.1) is 0 Å². The van der Waals surface area contributed by atoms with Crippen LogP contribution < -0.4 is 5.56 Å². The van der Waals surface area contributed by atoms with Crippen molar-refractivity contribution in [2.45, 2.75) is 19.3 Å². The van der Waals surface area contributed by atoms with Gasteiger partial charge in [0.25, 0.3) is 5.56 Å². The lowest BCUT2D eigenvalue weighted by molar-refractivity contribution is 0.0476. The van der Waals surface area contributed by atoms with Crippen molar-refractivity contribution in [2.24, 2.45) is 0 Å². The van der Waals surface area contributed by atoms with E-state index in [1.165, 1.54) is 42.1 Å². The van der Waals surface area contributed by atoms with E-state index in [1.807, 2.05) is 12.1 Å². The van der Waals surface area contributed by atoms with Gasteiger partial charge in [0.2, 0.25) is 0 Å². The molecule has 0 fully saturated rings. The zero-order chi connectivity index (χ0) is 22.0. The number of allylic oxidation sites excluding steroid dienone is 2. The number of nitrogens with zero attached hydrogens (tertiary/aromatic N) is 4. The number of aromatic nitrogens is 6. The van der Waals surface area contributed by atoms with Gasteiger partial charge >= 0.3 is 5.92 Å². The standard InChI is InChI=1S/C21H17ClF2N6O/c1-2-8-21(23,24)20-19(26-29-27-20)14-7-9-25-17(11-14)30-18(31)12-16(28-30)10-13-3-5-15(22)6-4-13/h2-9,11-12,28H,10H2,1H3,(H,26,27,29)/b8-2+. The quantitative estimate of drug-likeness (QED) is 0.436. The number of hydrogen-bond acceptors (Lipinski definition) is 4. The lowest BCUT2D eigenvalue weighted by Crippen LogP contribution is -2.15. The highest BCUT2D eigenvalue weighted by Crippen LogP contribution is 2.34. The summed E-state index contributed by atoms with van der Waals surface area (Å²) in [5.41, 5.74) is 1.13. The number of hydrogen-bond donors (Lipinski definition) is 2. The third kappa shape index (κ3) is 4.31. The average molecular weight is 443 g/mol. The first kappa shape index (κ1) is 20.7. The Morgan fingerprint density at radius 1 is 1.16 bits per heavy atom. The van der Waals surface area contributed by atoms with Crippen LogP contribution in [0.2, 0.25) is 5.02 Å². The van der Waals surface area contributed by atoms with Crippen molar-refractivity contribution in [1.82, 2.24) is 30.2 Å². The van der Waals surface area contributed by atoms with Gasteiger partial charge < -0.3 is 0 Å². The molecule has 0 aliphatic rings. The van der Waals surface area contributed by atoms with E-state index in [1.54, 1.807) is 12.1 Å². The molecule has 0 saturated heterocycles. The molecule has 31 heavy (non-hydrogen) atoms. The van der Waals surface area contributed by atoms with Crippen LogP contribution in [0.3, 0.4) is 0 Å². The number of H-pyrrole nitrogens is 2. The average Bonchev–Trinajstić information content (AvgIpc) is 3.37. The minimum Gasteiger partial charge on any atom is -0.293 e. The van der Waals surface area contributed by atoms with Gasteiger partial charge in [0.05, 0.1) is 0 Å². The summed E-state index contributed by atoms with van der Waals surface area (Å²) in [5, 5.41) is 13.4. The number of alkyl halides is 2. The van der Waals surface area contributed by atoms with E-state index in [4.69, 9.17) is 11.6 Å². The summed E-state index contributed by atoms with van der Waals surface area (Å²) in [5.74, 6) is -3.05. The second-order valence-corrected chi connectivity index (χ2v) is 7.24. The molecule has 4 rings (SSSR count). The molecule has 1 aromatic carbocycles. The molecule has 0 bridgehead atoms. The topological polar surface area (TPSA) is 92.2 Å². The lowest BCUT2D eigenvalue weighted by atomic mass is 10.1. The molecular formula is C21H17ClF2N6O. The van der Waals surface area contributed by atoms with Crippen LogP contribution in [0, 0.1) is 0 Å². The van der Waals surface area contributed by atoms with Crippen LogP contribution in [0.1, 0.15) is 23.9 Å². The van der Waals surface area contributed by atoms with Crippen molar-refractivity contribution in [3.8, 4) is 17.1 Å². The fraction of sp³-hybridized carbons (Fsp3) is 0.143. The molecule has 0 unspecified atom stereocenters. The van der Waals surface area contributed by atoms with Crippen molar-refractivity contribution < 1.29 is 8.78 Å². The molecule has 3 heterocycles. The third-order valence-corrected chi connectivity index (χ3v) is 4.82. The molecule has 158 valence electrons. The molecule has 3 aromatic heterocycles. The van der Waals surface area contributed by atoms with Gasteiger partial charge in [0.15, 0.2) is 11.5 Å². The van der Waals surface area contributed by atoms with Crippen molar-refractivity contribution in [1.29, 1.82) is 0 Å². The van der Waals surface area contributed by atoms with Crippen LogP contribution in [0.4, 0.5) is 8.78 Å². The van der Waals surface area contributed by atoms with Crippen molar-refractivity contribution in [3.05, 3.63) is 93.1 Å². The zero-order valence-corrected chi connectivity index (χ0v) is 17.1. The SMILES string of the molecule is C/C=C/C(F)(F)c1n[nH]nc1-c1ccnc(-n2[nH]c(Cc3ccc(Cl)cc3)cc2=O)c1. The molecule has 0 aliphatic carbocycles. The normalized spacial score (nSPS) is 12.0. The summed E-state index contributed by atoms with van der Waals surface area (Å²) >= 11 is 5.91. The van der Waals surface area contributed by atoms with Crippen LogP contribution in [-0.4, -0.2) is 30.2 Å². The molecular weight excluding hydrogens is 426 g/mol. The highest BCUT2D eigenvalue weighted by atomic mass is 35.5. The van der Waals surface area contributed by atoms with Crippen LogP contribution in [0.25, 0.3) is 17.1 Å². The molecule has 0 amide bonds. The fourth-order valence-electron chi connectivity index (χ4n) is 3.17. The maximum absolute atomic E-state index is 14.4. The van der Waals surface area contributed by atoms with E-state index >= 15 is 0 Å². The van der Waals surface area contributed by atoms with Crippen LogP contribution in [-0.2, 0) is 12.3 Å². The summed E-state index contributed by atoms with van der Waals surface area (Å²) < 4.78 is 30.0. The molecule has 0 atom stereocenters. The molecule has 0 spiro atoms. The molecule has 7 nitrogen and oxygen atoms in total. The summed E-state index contributed by atoms with van der Waals surface area (Å²) in [6.45, 7) is 1.50. The van der Waals surface area contributed by atoms with Crippen LogP contribution in [0.15, 0.2) is 65.6 Å². The predicted octanol–water partition coefficient (Wildman–Crippen LogP) is 4.26. The summed E-state index contributed by atoms with van der Waals surface area (Å²) in [6.07, 6.45) is 3.90. The Balaban J connectivity index is 1.67. The first-order valence-electron chi connectivity index (χ1n) is 9.32. The second kappa shape index (κ2) is 8.27. The highest BCUT2D eigenvalue weighted by Gasteiger charge is 2.35. The number of halogens is 3. The first-order chi connectivity index (χ1) is 14.9. The number of pyridine rings is 1. The van der Waals surface area contributed by atoms with E-state index in [9.17, 15) is 13.6 Å². The molecule has 0 aliphatic heterocycles. The molecule has 10 heteroatoms. The van der Waals surface area contributed by atoms with Gasteiger partial charge in [0, 0.05) is 35.0 Å². The predicted molar refractivity (Wildman–Crippen MR) is 113 cm³/mol. The van der Waals surface area contributed by atoms with Gasteiger partial charge in [-0.3, -0.25) is 9.89 Å². The highest BCUT2D eigenvalue weighted by molar-refractivity contribution is 6.30. The Morgan fingerprint density at radius 3 is 2.68 bits per heavy atom. The Kier molecular flexibility index (Phi) is 5.51. The Hall–Kier alpha value is -3.59. The molecule has 4 aromatic rings. The minimum absolute atomic E-state index is 0.0206. The number of nitrogens with one attached hydrogen (secondary N) is 2. The lowest BCUT2D eigenvalue weighted by Gasteiger charge is -2.10. The van der Waals surface area contributed by atoms with Gasteiger partial charge in [-0.2, -0.15) is 24.2 Å². The smallest absolute Gasteiger partial charge is 0.293 e. The van der Waals surface area contributed by atoms with E-state index in [0.717, 1.165) is 11.6 Å². The summed E-state index contributed by atoms with van der Waals surface area (Å²) in [7, 11) is 0. The Morgan fingerprint density at radius 2 is 1.94 bits per heavy atom. The number of benzene rings is 1. The van der Waals surface area contributed by atoms with Gasteiger partial charge in [-0.1, -0.05) is 29.8 Å². The zero-order valence-electron chi connectivity index (χ0n) is 16.3. The van der Waals surface area contributed by atoms with Gasteiger partial charge in [0.1, 0.15) is 5.69 Å². The van der Waals surface area contributed by atoms with Crippen molar-refractivity contribution >= 4 is 11.6 Å². The van der Waals surface area contributed by atoms with Crippen molar-refractivity contribution in [3.63, 3.8) is 0 Å². The van der Waals surface area contributed by atoms with Gasteiger partial charge in [-0.25, -0.2) is 9.67 Å². The van der Waals surface area contributed by atoms with E-state index in [-0.39, 0.29) is 17.1 Å². The van der Waals surface area contributed by atoms with Crippen molar-refractivity contribution in [2.75, 3.05) is 0 Å². The first-order valence-corrected chi connectivity index (χ1v) is 9.70. The monoisotopic (exact) mass is 442 g/mol. The number of aromatic amines is 2.